The molecule has 0 saturated heterocycles. The first-order valence-corrected chi connectivity index (χ1v) is 4.60. The zero-order chi connectivity index (χ0) is 11.0. The Hall–Kier alpha value is -1.38. The largest absolute Gasteiger partial charge is 0.366 e. The molecular formula is C11H18N2O. The molecule has 0 unspecified atom stereocenters. The molecule has 0 aliphatic heterocycles. The van der Waals surface area contributed by atoms with E-state index < -0.39 is 0 Å². The van der Waals surface area contributed by atoms with Gasteiger partial charge in [-0.3, -0.25) is 0 Å². The van der Waals surface area contributed by atoms with E-state index in [-0.39, 0.29) is 0 Å². The van der Waals surface area contributed by atoms with Crippen LogP contribution in [-0.2, 0) is 4.79 Å². The standard InChI is InChI=1S/C11H18N2O/c1-5-6-7-11(8-9-14)12-10(2)13(3)4/h5-7,9H,8H2,1-4H3/b6-5-,11-7+,12-10-. The van der Waals surface area contributed by atoms with Crippen LogP contribution in [0.1, 0.15) is 20.3 Å². The molecule has 0 atom stereocenters. The lowest BCUT2D eigenvalue weighted by molar-refractivity contribution is -0.107. The van der Waals surface area contributed by atoms with E-state index in [2.05, 4.69) is 4.99 Å². The molecule has 0 rings (SSSR count). The lowest BCUT2D eigenvalue weighted by atomic mass is 10.3. The molecule has 14 heavy (non-hydrogen) atoms. The smallest absolute Gasteiger partial charge is 0.125 e. The van der Waals surface area contributed by atoms with E-state index in [0.29, 0.717) is 6.42 Å². The molecule has 0 amide bonds. The number of carbonyl (C=O) groups excluding carboxylic acids is 1. The summed E-state index contributed by atoms with van der Waals surface area (Å²) in [5, 5.41) is 0. The van der Waals surface area contributed by atoms with E-state index in [1.165, 1.54) is 0 Å². The van der Waals surface area contributed by atoms with Crippen molar-refractivity contribution in [1.29, 1.82) is 0 Å². The average molecular weight is 194 g/mol. The Morgan fingerprint density at radius 3 is 2.50 bits per heavy atom. The summed E-state index contributed by atoms with van der Waals surface area (Å²) < 4.78 is 0. The van der Waals surface area contributed by atoms with Gasteiger partial charge in [-0.05, 0) is 19.9 Å². The number of aliphatic imine (C=N–C) groups is 1. The van der Waals surface area contributed by atoms with Crippen LogP contribution in [0.5, 0.6) is 0 Å². The van der Waals surface area contributed by atoms with Crippen LogP contribution in [0.4, 0.5) is 0 Å². The zero-order valence-corrected chi connectivity index (χ0v) is 9.32. The molecule has 3 nitrogen and oxygen atoms in total. The zero-order valence-electron chi connectivity index (χ0n) is 9.32. The van der Waals surface area contributed by atoms with Crippen LogP contribution in [-0.4, -0.2) is 31.1 Å². The number of carbonyl (C=O) groups is 1. The highest BCUT2D eigenvalue weighted by molar-refractivity contribution is 5.80. The highest BCUT2D eigenvalue weighted by atomic mass is 16.1. The Morgan fingerprint density at radius 2 is 2.07 bits per heavy atom. The fourth-order valence-electron chi connectivity index (χ4n) is 0.751. The van der Waals surface area contributed by atoms with E-state index in [1.807, 2.05) is 51.1 Å². The highest BCUT2D eigenvalue weighted by Crippen LogP contribution is 2.03. The van der Waals surface area contributed by atoms with Gasteiger partial charge in [0.15, 0.2) is 0 Å². The van der Waals surface area contributed by atoms with Crippen molar-refractivity contribution in [3.63, 3.8) is 0 Å². The first kappa shape index (κ1) is 12.6. The van der Waals surface area contributed by atoms with Gasteiger partial charge in [0.05, 0.1) is 0 Å². The fraction of sp³-hybridized carbons (Fsp3) is 0.455. The number of nitrogens with zero attached hydrogens (tertiary/aromatic N) is 2. The first-order chi connectivity index (χ1) is 6.61. The third kappa shape index (κ3) is 5.30. The number of hydrogen-bond acceptors (Lipinski definition) is 2. The summed E-state index contributed by atoms with van der Waals surface area (Å²) in [6, 6.07) is 0. The molecule has 0 aromatic heterocycles. The number of aldehydes is 1. The second-order valence-electron chi connectivity index (χ2n) is 3.11. The molecule has 3 heteroatoms. The lowest BCUT2D eigenvalue weighted by Gasteiger charge is -2.11. The lowest BCUT2D eigenvalue weighted by Crippen LogP contribution is -2.18. The molecular weight excluding hydrogens is 176 g/mol. The summed E-state index contributed by atoms with van der Waals surface area (Å²) in [4.78, 5) is 16.6. The molecule has 0 aliphatic carbocycles. The van der Waals surface area contributed by atoms with Crippen LogP contribution in [0.25, 0.3) is 0 Å². The molecule has 0 bridgehead atoms. The van der Waals surface area contributed by atoms with Crippen LogP contribution in [0, 0.1) is 0 Å². The molecule has 0 saturated carbocycles. The van der Waals surface area contributed by atoms with Crippen LogP contribution in [0.2, 0.25) is 0 Å². The van der Waals surface area contributed by atoms with Crippen molar-refractivity contribution in [3.05, 3.63) is 23.9 Å². The maximum absolute atomic E-state index is 10.4. The topological polar surface area (TPSA) is 32.7 Å². The molecule has 0 fully saturated rings. The van der Waals surface area contributed by atoms with Gasteiger partial charge in [-0.2, -0.15) is 0 Å². The van der Waals surface area contributed by atoms with Crippen LogP contribution in [0.3, 0.4) is 0 Å². The Morgan fingerprint density at radius 1 is 1.43 bits per heavy atom. The summed E-state index contributed by atoms with van der Waals surface area (Å²) in [6.45, 7) is 3.84. The second kappa shape index (κ2) is 7.06. The molecule has 0 radical (unpaired) electrons. The monoisotopic (exact) mass is 194 g/mol. The molecule has 78 valence electrons. The Labute approximate surface area is 85.8 Å². The predicted octanol–water partition coefficient (Wildman–Crippen LogP) is 2.02. The highest BCUT2D eigenvalue weighted by Gasteiger charge is 1.96. The van der Waals surface area contributed by atoms with Gasteiger partial charge in [0, 0.05) is 26.2 Å². The van der Waals surface area contributed by atoms with E-state index in [0.717, 1.165) is 17.8 Å². The maximum atomic E-state index is 10.4. The molecule has 0 spiro atoms. The SMILES string of the molecule is C\C=C/C=C(CC=O)/N=C(/C)N(C)C. The van der Waals surface area contributed by atoms with Gasteiger partial charge in [0.25, 0.3) is 0 Å². The van der Waals surface area contributed by atoms with Gasteiger partial charge in [-0.1, -0.05) is 12.2 Å². The maximum Gasteiger partial charge on any atom is 0.125 e. The van der Waals surface area contributed by atoms with E-state index >= 15 is 0 Å². The average Bonchev–Trinajstić information content (AvgIpc) is 2.14. The van der Waals surface area contributed by atoms with Crippen molar-refractivity contribution in [2.45, 2.75) is 20.3 Å². The predicted molar refractivity (Wildman–Crippen MR) is 60.4 cm³/mol. The summed E-state index contributed by atoms with van der Waals surface area (Å²) in [5.74, 6) is 0.891. The van der Waals surface area contributed by atoms with Crippen molar-refractivity contribution < 1.29 is 4.79 Å². The molecule has 0 heterocycles. The Bertz CT molecular complexity index is 262. The second-order valence-corrected chi connectivity index (χ2v) is 3.11. The van der Waals surface area contributed by atoms with Crippen molar-refractivity contribution >= 4 is 12.1 Å². The molecule has 0 aromatic rings. The number of allylic oxidation sites excluding steroid dienone is 4. The van der Waals surface area contributed by atoms with Crippen LogP contribution >= 0.6 is 0 Å². The van der Waals surface area contributed by atoms with Gasteiger partial charge < -0.3 is 9.69 Å². The molecule has 0 aromatic carbocycles. The van der Waals surface area contributed by atoms with E-state index in [4.69, 9.17) is 0 Å². The molecule has 0 aliphatic rings. The summed E-state index contributed by atoms with van der Waals surface area (Å²) >= 11 is 0. The fourth-order valence-corrected chi connectivity index (χ4v) is 0.751. The number of hydrogen-bond donors (Lipinski definition) is 0. The third-order valence-corrected chi connectivity index (χ3v) is 1.73. The van der Waals surface area contributed by atoms with E-state index in [9.17, 15) is 4.79 Å². The van der Waals surface area contributed by atoms with Gasteiger partial charge in [-0.15, -0.1) is 0 Å². The normalized spacial score (nSPS) is 13.4. The summed E-state index contributed by atoms with van der Waals surface area (Å²) in [6.07, 6.45) is 6.86. The van der Waals surface area contributed by atoms with Gasteiger partial charge in [0.2, 0.25) is 0 Å². The van der Waals surface area contributed by atoms with Crippen molar-refractivity contribution in [1.82, 2.24) is 4.90 Å². The van der Waals surface area contributed by atoms with Crippen LogP contribution < -0.4 is 0 Å². The third-order valence-electron chi connectivity index (χ3n) is 1.73. The first-order valence-electron chi connectivity index (χ1n) is 4.60. The summed E-state index contributed by atoms with van der Waals surface area (Å²) in [7, 11) is 3.85. The number of rotatable bonds is 4. The van der Waals surface area contributed by atoms with Gasteiger partial charge >= 0.3 is 0 Å². The minimum atomic E-state index is 0.357. The van der Waals surface area contributed by atoms with Crippen LogP contribution in [0.15, 0.2) is 28.9 Å². The van der Waals surface area contributed by atoms with Crippen molar-refractivity contribution in [2.24, 2.45) is 4.99 Å². The van der Waals surface area contributed by atoms with Gasteiger partial charge in [-0.25, -0.2) is 4.99 Å². The minimum absolute atomic E-state index is 0.357. The summed E-state index contributed by atoms with van der Waals surface area (Å²) in [5.41, 5.74) is 0.782. The number of amidine groups is 1. The molecule has 0 N–H and O–H groups in total. The minimum Gasteiger partial charge on any atom is -0.366 e. The Kier molecular flexibility index (Phi) is 6.37. The van der Waals surface area contributed by atoms with E-state index in [1.54, 1.807) is 0 Å². The quantitative estimate of drug-likeness (QED) is 0.297. The Balaban J connectivity index is 4.66. The van der Waals surface area contributed by atoms with Crippen molar-refractivity contribution in [2.75, 3.05) is 14.1 Å². The van der Waals surface area contributed by atoms with Gasteiger partial charge in [0.1, 0.15) is 12.1 Å². The van der Waals surface area contributed by atoms with Crippen molar-refractivity contribution in [3.8, 4) is 0 Å².